The van der Waals surface area contributed by atoms with Gasteiger partial charge in [-0.2, -0.15) is 0 Å². The smallest absolute Gasteiger partial charge is 0.338 e. The van der Waals surface area contributed by atoms with E-state index in [1.54, 1.807) is 48.5 Å². The lowest BCUT2D eigenvalue weighted by molar-refractivity contribution is -0.125. The predicted molar refractivity (Wildman–Crippen MR) is 117 cm³/mol. The minimum atomic E-state index is -0.593. The van der Waals surface area contributed by atoms with Gasteiger partial charge in [0, 0.05) is 6.04 Å². The zero-order chi connectivity index (χ0) is 22.7. The van der Waals surface area contributed by atoms with Gasteiger partial charge in [0.25, 0.3) is 17.7 Å². The van der Waals surface area contributed by atoms with Crippen LogP contribution in [0.25, 0.3) is 0 Å². The fourth-order valence-corrected chi connectivity index (χ4v) is 4.20. The fraction of sp³-hybridized carbons (Fsp3) is 0.360. The Hall–Kier alpha value is -3.48. The number of esters is 1. The van der Waals surface area contributed by atoms with E-state index in [0.717, 1.165) is 25.7 Å². The van der Waals surface area contributed by atoms with Crippen LogP contribution in [-0.4, -0.2) is 41.2 Å². The molecule has 1 fully saturated rings. The molecule has 2 aliphatic rings. The molecule has 2 aromatic rings. The number of imide groups is 1. The third-order valence-electron chi connectivity index (χ3n) is 6.12. The van der Waals surface area contributed by atoms with Gasteiger partial charge in [-0.1, -0.05) is 31.2 Å². The van der Waals surface area contributed by atoms with Crippen LogP contribution in [0.2, 0.25) is 0 Å². The van der Waals surface area contributed by atoms with Crippen molar-refractivity contribution in [3.05, 3.63) is 70.8 Å². The van der Waals surface area contributed by atoms with Gasteiger partial charge in [0.05, 0.1) is 23.2 Å². The molecule has 1 aliphatic carbocycles. The first-order valence-corrected chi connectivity index (χ1v) is 10.9. The van der Waals surface area contributed by atoms with Crippen LogP contribution in [-0.2, 0) is 16.1 Å². The Morgan fingerprint density at radius 2 is 1.53 bits per heavy atom. The molecule has 0 bridgehead atoms. The van der Waals surface area contributed by atoms with Crippen LogP contribution in [0.4, 0.5) is 0 Å². The molecule has 1 N–H and O–H groups in total. The molecule has 0 atom stereocenters. The molecule has 32 heavy (non-hydrogen) atoms. The van der Waals surface area contributed by atoms with E-state index in [-0.39, 0.29) is 36.9 Å². The summed E-state index contributed by atoms with van der Waals surface area (Å²) in [5, 5.41) is 2.93. The van der Waals surface area contributed by atoms with Crippen molar-refractivity contribution in [1.29, 1.82) is 0 Å². The second kappa shape index (κ2) is 9.34. The summed E-state index contributed by atoms with van der Waals surface area (Å²) in [6, 6.07) is 13.4. The number of carbonyl (C=O) groups excluding carboxylic acids is 4. The predicted octanol–water partition coefficient (Wildman–Crippen LogP) is 3.33. The van der Waals surface area contributed by atoms with Gasteiger partial charge in [-0.3, -0.25) is 19.3 Å². The van der Waals surface area contributed by atoms with Crippen LogP contribution in [0.3, 0.4) is 0 Å². The number of rotatable bonds is 6. The largest absolute Gasteiger partial charge is 0.452 e. The highest BCUT2D eigenvalue weighted by atomic mass is 16.5. The first-order chi connectivity index (χ1) is 15.4. The molecule has 1 saturated carbocycles. The molecule has 4 rings (SSSR count). The highest BCUT2D eigenvalue weighted by Gasteiger charge is 2.34. The van der Waals surface area contributed by atoms with Gasteiger partial charge in [0.1, 0.15) is 0 Å². The van der Waals surface area contributed by atoms with Crippen LogP contribution in [0.1, 0.15) is 69.2 Å². The summed E-state index contributed by atoms with van der Waals surface area (Å²) in [5.74, 6) is -0.842. The molecule has 0 radical (unpaired) electrons. The number of fused-ring (bicyclic) bond motifs is 1. The minimum absolute atomic E-state index is 0.115. The van der Waals surface area contributed by atoms with E-state index in [4.69, 9.17) is 4.74 Å². The van der Waals surface area contributed by atoms with Gasteiger partial charge in [0.15, 0.2) is 6.61 Å². The molecular weight excluding hydrogens is 408 g/mol. The molecule has 0 saturated heterocycles. The van der Waals surface area contributed by atoms with E-state index in [0.29, 0.717) is 28.2 Å². The van der Waals surface area contributed by atoms with Gasteiger partial charge < -0.3 is 10.1 Å². The number of hydrogen-bond donors (Lipinski definition) is 1. The van der Waals surface area contributed by atoms with Crippen molar-refractivity contribution in [2.75, 3.05) is 6.61 Å². The van der Waals surface area contributed by atoms with Crippen LogP contribution in [0.15, 0.2) is 48.5 Å². The fourth-order valence-electron chi connectivity index (χ4n) is 4.20. The van der Waals surface area contributed by atoms with Crippen molar-refractivity contribution in [3.63, 3.8) is 0 Å². The lowest BCUT2D eigenvalue weighted by Crippen LogP contribution is -2.39. The molecule has 3 amide bonds. The SMILES string of the molecule is CC1CCC(NC(=O)COC(=O)c2ccc(CN3C(=O)c4ccccc4C3=O)cc2)CC1. The second-order valence-corrected chi connectivity index (χ2v) is 8.54. The molecule has 1 heterocycles. The molecule has 1 aliphatic heterocycles. The van der Waals surface area contributed by atoms with Crippen LogP contribution < -0.4 is 5.32 Å². The highest BCUT2D eigenvalue weighted by molar-refractivity contribution is 6.21. The molecule has 0 spiro atoms. The molecule has 0 aromatic heterocycles. The van der Waals surface area contributed by atoms with Crippen LogP contribution in [0, 0.1) is 5.92 Å². The summed E-state index contributed by atoms with van der Waals surface area (Å²) in [4.78, 5) is 50.5. The minimum Gasteiger partial charge on any atom is -0.452 e. The summed E-state index contributed by atoms with van der Waals surface area (Å²) in [6.45, 7) is 2.01. The van der Waals surface area contributed by atoms with E-state index in [2.05, 4.69) is 12.2 Å². The molecule has 2 aromatic carbocycles. The Morgan fingerprint density at radius 3 is 2.12 bits per heavy atom. The normalized spacial score (nSPS) is 20.1. The van der Waals surface area contributed by atoms with Crippen molar-refractivity contribution >= 4 is 23.7 Å². The van der Waals surface area contributed by atoms with Crippen molar-refractivity contribution in [2.45, 2.75) is 45.2 Å². The monoisotopic (exact) mass is 434 g/mol. The third kappa shape index (κ3) is 4.72. The lowest BCUT2D eigenvalue weighted by atomic mass is 9.87. The van der Waals surface area contributed by atoms with Crippen molar-refractivity contribution < 1.29 is 23.9 Å². The number of ether oxygens (including phenoxy) is 1. The summed E-state index contributed by atoms with van der Waals surface area (Å²) in [6.07, 6.45) is 4.10. The highest BCUT2D eigenvalue weighted by Crippen LogP contribution is 2.25. The molecule has 0 unspecified atom stereocenters. The summed E-state index contributed by atoms with van der Waals surface area (Å²) < 4.78 is 5.13. The number of nitrogens with one attached hydrogen (secondary N) is 1. The Bertz CT molecular complexity index is 1000. The number of nitrogens with zero attached hydrogens (tertiary/aromatic N) is 1. The molecule has 166 valence electrons. The van der Waals surface area contributed by atoms with Crippen molar-refractivity contribution in [2.24, 2.45) is 5.92 Å². The van der Waals surface area contributed by atoms with Gasteiger partial charge in [-0.15, -0.1) is 0 Å². The number of amides is 3. The Labute approximate surface area is 186 Å². The maximum Gasteiger partial charge on any atom is 0.338 e. The number of hydrogen-bond acceptors (Lipinski definition) is 5. The molecule has 7 nitrogen and oxygen atoms in total. The second-order valence-electron chi connectivity index (χ2n) is 8.54. The summed E-state index contributed by atoms with van der Waals surface area (Å²) in [7, 11) is 0. The maximum atomic E-state index is 12.5. The zero-order valence-electron chi connectivity index (χ0n) is 18.0. The van der Waals surface area contributed by atoms with E-state index in [9.17, 15) is 19.2 Å². The van der Waals surface area contributed by atoms with Crippen LogP contribution >= 0.6 is 0 Å². The molecule has 7 heteroatoms. The van der Waals surface area contributed by atoms with E-state index < -0.39 is 5.97 Å². The maximum absolute atomic E-state index is 12.5. The Balaban J connectivity index is 1.28. The van der Waals surface area contributed by atoms with Crippen molar-refractivity contribution in [3.8, 4) is 0 Å². The van der Waals surface area contributed by atoms with Gasteiger partial charge in [-0.25, -0.2) is 4.79 Å². The summed E-state index contributed by atoms with van der Waals surface area (Å²) in [5.41, 5.74) is 1.81. The van der Waals surface area contributed by atoms with Gasteiger partial charge in [-0.05, 0) is 61.4 Å². The average molecular weight is 434 g/mol. The van der Waals surface area contributed by atoms with Gasteiger partial charge >= 0.3 is 5.97 Å². The lowest BCUT2D eigenvalue weighted by Gasteiger charge is -2.26. The zero-order valence-corrected chi connectivity index (χ0v) is 18.0. The van der Waals surface area contributed by atoms with E-state index >= 15 is 0 Å². The first kappa shape index (κ1) is 21.7. The Kier molecular flexibility index (Phi) is 6.35. The Morgan fingerprint density at radius 1 is 0.938 bits per heavy atom. The standard InChI is InChI=1S/C25H26N2O5/c1-16-6-12-19(13-7-16)26-22(28)15-32-25(31)18-10-8-17(9-11-18)14-27-23(29)20-4-2-3-5-21(20)24(27)30/h2-5,8-11,16,19H,6-7,12-15H2,1H3,(H,26,28). The average Bonchev–Trinajstić information content (AvgIpc) is 3.04. The van der Waals surface area contributed by atoms with E-state index in [1.807, 2.05) is 0 Å². The number of carbonyl (C=O) groups is 4. The first-order valence-electron chi connectivity index (χ1n) is 10.9. The number of benzene rings is 2. The quantitative estimate of drug-likeness (QED) is 0.556. The van der Waals surface area contributed by atoms with E-state index in [1.165, 1.54) is 4.90 Å². The van der Waals surface area contributed by atoms with Crippen molar-refractivity contribution in [1.82, 2.24) is 10.2 Å². The van der Waals surface area contributed by atoms with Gasteiger partial charge in [0.2, 0.25) is 0 Å². The molecular formula is C25H26N2O5. The topological polar surface area (TPSA) is 92.8 Å². The third-order valence-corrected chi connectivity index (χ3v) is 6.12. The van der Waals surface area contributed by atoms with Crippen LogP contribution in [0.5, 0.6) is 0 Å². The summed E-state index contributed by atoms with van der Waals surface area (Å²) >= 11 is 0.